The highest BCUT2D eigenvalue weighted by Crippen LogP contribution is 2.29. The Hall–Kier alpha value is -1.65. The third kappa shape index (κ3) is 2.44. The first-order valence-electron chi connectivity index (χ1n) is 5.67. The van der Waals surface area contributed by atoms with Crippen LogP contribution in [0.25, 0.3) is 0 Å². The lowest BCUT2D eigenvalue weighted by molar-refractivity contribution is 0.0690. The van der Waals surface area contributed by atoms with Gasteiger partial charge in [-0.15, -0.1) is 0 Å². The molecule has 18 heavy (non-hydrogen) atoms. The Labute approximate surface area is 105 Å². The summed E-state index contributed by atoms with van der Waals surface area (Å²) < 4.78 is 27.4. The molecule has 0 fully saturated rings. The van der Waals surface area contributed by atoms with Gasteiger partial charge in [0.25, 0.3) is 0 Å². The van der Waals surface area contributed by atoms with Gasteiger partial charge in [0.15, 0.2) is 11.6 Å². The molecule has 0 aliphatic heterocycles. The molecule has 0 radical (unpaired) electrons. The van der Waals surface area contributed by atoms with Crippen molar-refractivity contribution in [2.24, 2.45) is 0 Å². The summed E-state index contributed by atoms with van der Waals surface area (Å²) in [5.74, 6) is -3.92. The Balaban J connectivity index is 3.29. The van der Waals surface area contributed by atoms with E-state index in [1.165, 1.54) is 6.07 Å². The van der Waals surface area contributed by atoms with Gasteiger partial charge in [-0.2, -0.15) is 0 Å². The molecule has 0 aliphatic carbocycles. The first kappa shape index (κ1) is 14.4. The first-order chi connectivity index (χ1) is 8.22. The molecule has 1 N–H and O–H groups in total. The monoisotopic (exact) mass is 257 g/mol. The molecule has 0 amide bonds. The van der Waals surface area contributed by atoms with Gasteiger partial charge in [0.05, 0.1) is 11.3 Å². The van der Waals surface area contributed by atoms with Crippen LogP contribution in [0.1, 0.15) is 37.6 Å². The van der Waals surface area contributed by atoms with Gasteiger partial charge >= 0.3 is 5.97 Å². The number of hydrogen-bond donors (Lipinski definition) is 1. The fraction of sp³-hybridized carbons (Fsp3) is 0.462. The Kier molecular flexibility index (Phi) is 3.94. The predicted octanol–water partition coefficient (Wildman–Crippen LogP) is 3.29. The van der Waals surface area contributed by atoms with E-state index < -0.39 is 23.2 Å². The average Bonchev–Trinajstić information content (AvgIpc) is 2.31. The molecule has 0 saturated heterocycles. The molecule has 100 valence electrons. The van der Waals surface area contributed by atoms with Crippen LogP contribution in [-0.4, -0.2) is 23.7 Å². The zero-order valence-electron chi connectivity index (χ0n) is 10.9. The van der Waals surface area contributed by atoms with E-state index in [-0.39, 0.29) is 11.2 Å². The lowest BCUT2D eigenvalue weighted by Gasteiger charge is -2.37. The van der Waals surface area contributed by atoms with Crippen molar-refractivity contribution < 1.29 is 18.7 Å². The maximum atomic E-state index is 13.9. The number of halogens is 2. The third-order valence-corrected chi connectivity index (χ3v) is 3.43. The maximum Gasteiger partial charge on any atom is 0.338 e. The van der Waals surface area contributed by atoms with Crippen molar-refractivity contribution in [3.05, 3.63) is 29.3 Å². The van der Waals surface area contributed by atoms with Crippen molar-refractivity contribution in [3.63, 3.8) is 0 Å². The maximum absolute atomic E-state index is 13.9. The second-order valence-electron chi connectivity index (χ2n) is 4.79. The number of nitrogens with zero attached hydrogens (tertiary/aromatic N) is 1. The molecular weight excluding hydrogens is 240 g/mol. The second kappa shape index (κ2) is 4.92. The number of carboxylic acids is 1. The van der Waals surface area contributed by atoms with Crippen LogP contribution in [0, 0.1) is 11.6 Å². The van der Waals surface area contributed by atoms with E-state index in [0.717, 1.165) is 12.5 Å². The number of carboxylic acid groups (broad SMARTS) is 1. The summed E-state index contributed by atoms with van der Waals surface area (Å²) in [7, 11) is 1.65. The minimum atomic E-state index is -1.48. The van der Waals surface area contributed by atoms with Crippen molar-refractivity contribution in [2.45, 2.75) is 32.7 Å². The summed E-state index contributed by atoms with van der Waals surface area (Å²) in [4.78, 5) is 12.3. The summed E-state index contributed by atoms with van der Waals surface area (Å²) in [6, 6.07) is 2.37. The summed E-state index contributed by atoms with van der Waals surface area (Å²) in [6.07, 6.45) is 0.741. The summed E-state index contributed by atoms with van der Waals surface area (Å²) >= 11 is 0. The van der Waals surface area contributed by atoms with E-state index in [1.54, 1.807) is 11.9 Å². The number of benzene rings is 1. The highest BCUT2D eigenvalue weighted by molar-refractivity contribution is 5.88. The number of hydrogen-bond acceptors (Lipinski definition) is 2. The quantitative estimate of drug-likeness (QED) is 0.899. The normalized spacial score (nSPS) is 11.4. The molecular formula is C13H17F2NO2. The smallest absolute Gasteiger partial charge is 0.338 e. The molecule has 0 spiro atoms. The molecule has 0 atom stereocenters. The van der Waals surface area contributed by atoms with Crippen LogP contribution in [-0.2, 0) is 0 Å². The van der Waals surface area contributed by atoms with Gasteiger partial charge in [-0.25, -0.2) is 13.6 Å². The van der Waals surface area contributed by atoms with E-state index >= 15 is 0 Å². The molecule has 0 aliphatic rings. The lowest BCUT2D eigenvalue weighted by Crippen LogP contribution is -2.41. The molecule has 0 saturated carbocycles. The van der Waals surface area contributed by atoms with Gasteiger partial charge in [0.1, 0.15) is 0 Å². The third-order valence-electron chi connectivity index (χ3n) is 3.43. The van der Waals surface area contributed by atoms with Crippen LogP contribution in [0.2, 0.25) is 0 Å². The summed E-state index contributed by atoms with van der Waals surface area (Å²) in [6.45, 7) is 5.74. The molecule has 1 aromatic carbocycles. The summed E-state index contributed by atoms with van der Waals surface area (Å²) in [5, 5.41) is 8.71. The van der Waals surface area contributed by atoms with E-state index in [9.17, 15) is 13.6 Å². The van der Waals surface area contributed by atoms with Gasteiger partial charge in [-0.05, 0) is 32.4 Å². The largest absolute Gasteiger partial charge is 0.478 e. The lowest BCUT2D eigenvalue weighted by atomic mass is 9.98. The van der Waals surface area contributed by atoms with Crippen LogP contribution in [0.4, 0.5) is 14.5 Å². The fourth-order valence-electron chi connectivity index (χ4n) is 1.53. The van der Waals surface area contributed by atoms with Crippen LogP contribution in [0.5, 0.6) is 0 Å². The molecule has 3 nitrogen and oxygen atoms in total. The van der Waals surface area contributed by atoms with E-state index in [4.69, 9.17) is 5.11 Å². The van der Waals surface area contributed by atoms with Crippen molar-refractivity contribution in [3.8, 4) is 0 Å². The zero-order chi connectivity index (χ0) is 14.1. The minimum Gasteiger partial charge on any atom is -0.478 e. The second-order valence-corrected chi connectivity index (χ2v) is 4.79. The molecule has 0 unspecified atom stereocenters. The summed E-state index contributed by atoms with van der Waals surface area (Å²) in [5.41, 5.74) is -0.943. The van der Waals surface area contributed by atoms with Crippen molar-refractivity contribution in [1.29, 1.82) is 0 Å². The van der Waals surface area contributed by atoms with E-state index in [1.807, 2.05) is 20.8 Å². The molecule has 1 aromatic rings. The van der Waals surface area contributed by atoms with Gasteiger partial charge in [0.2, 0.25) is 0 Å². The van der Waals surface area contributed by atoms with Crippen LogP contribution >= 0.6 is 0 Å². The Morgan fingerprint density at radius 2 is 1.89 bits per heavy atom. The number of aromatic carboxylic acids is 1. The SMILES string of the molecule is CCC(C)(C)N(C)c1ccc(C(=O)O)c(F)c1F. The fourth-order valence-corrected chi connectivity index (χ4v) is 1.53. The highest BCUT2D eigenvalue weighted by atomic mass is 19.2. The van der Waals surface area contributed by atoms with Crippen LogP contribution in [0.3, 0.4) is 0 Å². The molecule has 1 rings (SSSR count). The number of carbonyl (C=O) groups is 1. The Bertz CT molecular complexity index is 472. The Morgan fingerprint density at radius 1 is 1.33 bits per heavy atom. The molecule has 0 aromatic heterocycles. The predicted molar refractivity (Wildman–Crippen MR) is 66.1 cm³/mol. The van der Waals surface area contributed by atoms with Crippen molar-refractivity contribution >= 4 is 11.7 Å². The molecule has 0 bridgehead atoms. The van der Waals surface area contributed by atoms with Gasteiger partial charge in [-0.1, -0.05) is 6.92 Å². The first-order valence-corrected chi connectivity index (χ1v) is 5.67. The Morgan fingerprint density at radius 3 is 2.33 bits per heavy atom. The van der Waals surface area contributed by atoms with Gasteiger partial charge < -0.3 is 10.0 Å². The number of rotatable bonds is 4. The van der Waals surface area contributed by atoms with Crippen LogP contribution in [0.15, 0.2) is 12.1 Å². The number of anilines is 1. The highest BCUT2D eigenvalue weighted by Gasteiger charge is 2.26. The van der Waals surface area contributed by atoms with E-state index in [0.29, 0.717) is 0 Å². The zero-order valence-corrected chi connectivity index (χ0v) is 10.9. The molecule has 0 heterocycles. The van der Waals surface area contributed by atoms with Crippen molar-refractivity contribution in [1.82, 2.24) is 0 Å². The van der Waals surface area contributed by atoms with Crippen molar-refractivity contribution in [2.75, 3.05) is 11.9 Å². The topological polar surface area (TPSA) is 40.5 Å². The van der Waals surface area contributed by atoms with E-state index in [2.05, 4.69) is 0 Å². The average molecular weight is 257 g/mol. The minimum absolute atomic E-state index is 0.0596. The van der Waals surface area contributed by atoms with Crippen LogP contribution < -0.4 is 4.90 Å². The standard InChI is InChI=1S/C13H17F2NO2/c1-5-13(2,3)16(4)9-7-6-8(12(17)18)10(14)11(9)15/h6-7H,5H2,1-4H3,(H,17,18). The molecule has 5 heteroatoms. The van der Waals surface area contributed by atoms with Gasteiger partial charge in [0, 0.05) is 12.6 Å². The van der Waals surface area contributed by atoms with Gasteiger partial charge in [-0.3, -0.25) is 0 Å².